The molecule has 7 nitrogen and oxygen atoms in total. The second kappa shape index (κ2) is 7.63. The van der Waals surface area contributed by atoms with Crippen molar-refractivity contribution in [2.45, 2.75) is 52.5 Å². The fraction of sp³-hybridized carbons (Fsp3) is 0.500. The predicted molar refractivity (Wildman–Crippen MR) is 110 cm³/mol. The summed E-state index contributed by atoms with van der Waals surface area (Å²) in [6, 6.07) is 7.45. The molecule has 1 aromatic carbocycles. The number of aliphatic hydroxyl groups is 1. The number of nitrogens with zero attached hydrogens (tertiary/aromatic N) is 3. The number of benzene rings is 1. The Morgan fingerprint density at radius 2 is 2.10 bits per heavy atom. The number of aliphatic hydroxyl groups excluding tert-OH is 1. The standard InChI is InChI=1S/C22H28N4O3/c1-4-29-17-9-6-5-8-14(17)20-19-15(12-22(2,3)13-16(19)28)23-21-24-18(10-7-11-27)25-26(20)21/h5-6,8-9,20,27H,4,7,10-13H2,1-3H3,(H,23,24,25). The highest BCUT2D eigenvalue weighted by molar-refractivity contribution is 6.00. The molecule has 2 aromatic rings. The van der Waals surface area contributed by atoms with Gasteiger partial charge in [-0.25, -0.2) is 4.68 Å². The number of anilines is 1. The second-order valence-corrected chi connectivity index (χ2v) is 8.45. The average molecular weight is 396 g/mol. The van der Waals surface area contributed by atoms with Crippen molar-refractivity contribution in [3.8, 4) is 5.75 Å². The van der Waals surface area contributed by atoms with Crippen molar-refractivity contribution in [3.63, 3.8) is 0 Å². The van der Waals surface area contributed by atoms with Crippen LogP contribution >= 0.6 is 0 Å². The minimum atomic E-state index is -0.372. The van der Waals surface area contributed by atoms with Gasteiger partial charge in [0.2, 0.25) is 5.95 Å². The highest BCUT2D eigenvalue weighted by Gasteiger charge is 2.42. The van der Waals surface area contributed by atoms with Gasteiger partial charge in [-0.2, -0.15) is 10.1 Å². The molecule has 1 atom stereocenters. The Labute approximate surface area is 170 Å². The third-order valence-corrected chi connectivity index (χ3v) is 5.45. The first-order valence-electron chi connectivity index (χ1n) is 10.2. The molecule has 0 saturated heterocycles. The predicted octanol–water partition coefficient (Wildman–Crippen LogP) is 3.26. The van der Waals surface area contributed by atoms with E-state index in [1.165, 1.54) is 0 Å². The first kappa shape index (κ1) is 19.6. The monoisotopic (exact) mass is 396 g/mol. The zero-order valence-electron chi connectivity index (χ0n) is 17.2. The molecule has 1 aliphatic carbocycles. The van der Waals surface area contributed by atoms with E-state index in [9.17, 15) is 4.79 Å². The SMILES string of the molecule is CCOc1ccccc1C1C2=C(CC(C)(C)CC2=O)Nc2nc(CCCO)nn21. The van der Waals surface area contributed by atoms with Crippen LogP contribution in [-0.2, 0) is 11.2 Å². The highest BCUT2D eigenvalue weighted by atomic mass is 16.5. The number of ketones is 1. The molecule has 0 fully saturated rings. The van der Waals surface area contributed by atoms with E-state index < -0.39 is 0 Å². The second-order valence-electron chi connectivity index (χ2n) is 8.45. The van der Waals surface area contributed by atoms with Crippen LogP contribution in [0.2, 0.25) is 0 Å². The number of carbonyl (C=O) groups excluding carboxylic acids is 1. The van der Waals surface area contributed by atoms with E-state index in [-0.39, 0.29) is 23.8 Å². The Bertz CT molecular complexity index is 961. The minimum absolute atomic E-state index is 0.0926. The molecule has 0 bridgehead atoms. The van der Waals surface area contributed by atoms with Crippen LogP contribution in [0.1, 0.15) is 57.5 Å². The highest BCUT2D eigenvalue weighted by Crippen LogP contribution is 2.46. The van der Waals surface area contributed by atoms with E-state index in [2.05, 4.69) is 24.1 Å². The molecule has 0 spiro atoms. The van der Waals surface area contributed by atoms with E-state index in [1.54, 1.807) is 4.68 Å². The van der Waals surface area contributed by atoms with Crippen molar-refractivity contribution in [2.75, 3.05) is 18.5 Å². The number of nitrogens with one attached hydrogen (secondary N) is 1. The average Bonchev–Trinajstić information content (AvgIpc) is 3.07. The summed E-state index contributed by atoms with van der Waals surface area (Å²) in [6.45, 7) is 6.82. The summed E-state index contributed by atoms with van der Waals surface area (Å²) in [5.41, 5.74) is 2.49. The Balaban J connectivity index is 1.87. The van der Waals surface area contributed by atoms with Gasteiger partial charge in [0.05, 0.1) is 6.61 Å². The van der Waals surface area contributed by atoms with E-state index >= 15 is 0 Å². The van der Waals surface area contributed by atoms with Crippen LogP contribution in [0, 0.1) is 5.41 Å². The third kappa shape index (κ3) is 3.67. The summed E-state index contributed by atoms with van der Waals surface area (Å²) in [6.07, 6.45) is 2.47. The summed E-state index contributed by atoms with van der Waals surface area (Å²) in [4.78, 5) is 17.9. The first-order valence-corrected chi connectivity index (χ1v) is 10.2. The van der Waals surface area contributed by atoms with Crippen LogP contribution in [0.15, 0.2) is 35.5 Å². The van der Waals surface area contributed by atoms with E-state index in [4.69, 9.17) is 14.9 Å². The summed E-state index contributed by atoms with van der Waals surface area (Å²) in [5.74, 6) is 2.19. The Morgan fingerprint density at radius 3 is 2.86 bits per heavy atom. The van der Waals surface area contributed by atoms with Gasteiger partial charge < -0.3 is 15.2 Å². The molecule has 1 unspecified atom stereocenters. The molecular weight excluding hydrogens is 368 g/mol. The molecule has 1 aliphatic heterocycles. The maximum Gasteiger partial charge on any atom is 0.226 e. The number of ether oxygens (including phenoxy) is 1. The van der Waals surface area contributed by atoms with Gasteiger partial charge in [0.1, 0.15) is 11.8 Å². The lowest BCUT2D eigenvalue weighted by Crippen LogP contribution is -2.36. The minimum Gasteiger partial charge on any atom is -0.494 e. The molecule has 2 N–H and O–H groups in total. The summed E-state index contributed by atoms with van der Waals surface area (Å²) in [5, 5.41) is 17.2. The number of aromatic nitrogens is 3. The van der Waals surface area contributed by atoms with Crippen LogP contribution in [0.3, 0.4) is 0 Å². The fourth-order valence-electron chi connectivity index (χ4n) is 4.28. The van der Waals surface area contributed by atoms with Crippen LogP contribution in [-0.4, -0.2) is 38.9 Å². The van der Waals surface area contributed by atoms with Crippen LogP contribution in [0.25, 0.3) is 0 Å². The lowest BCUT2D eigenvalue weighted by molar-refractivity contribution is -0.118. The molecule has 2 aliphatic rings. The number of hydrogen-bond donors (Lipinski definition) is 2. The molecule has 154 valence electrons. The number of Topliss-reactive ketones (excluding diaryl/α,β-unsaturated/α-hetero) is 1. The van der Waals surface area contributed by atoms with E-state index in [1.807, 2.05) is 31.2 Å². The molecule has 0 radical (unpaired) electrons. The quantitative estimate of drug-likeness (QED) is 0.779. The molecule has 2 heterocycles. The summed E-state index contributed by atoms with van der Waals surface area (Å²) in [7, 11) is 0. The lowest BCUT2D eigenvalue weighted by Gasteiger charge is -2.38. The maximum absolute atomic E-state index is 13.3. The van der Waals surface area contributed by atoms with Gasteiger partial charge in [0.25, 0.3) is 0 Å². The topological polar surface area (TPSA) is 89.3 Å². The van der Waals surface area contributed by atoms with Crippen molar-refractivity contribution in [3.05, 3.63) is 46.9 Å². The largest absolute Gasteiger partial charge is 0.494 e. The molecular formula is C22H28N4O3. The van der Waals surface area contributed by atoms with Crippen LogP contribution in [0.4, 0.5) is 5.95 Å². The van der Waals surface area contributed by atoms with Crippen molar-refractivity contribution < 1.29 is 14.6 Å². The number of fused-ring (bicyclic) bond motifs is 1. The number of para-hydroxylation sites is 1. The molecule has 0 amide bonds. The number of aryl methyl sites for hydroxylation is 1. The van der Waals surface area contributed by atoms with E-state index in [0.29, 0.717) is 37.6 Å². The number of carbonyl (C=O) groups is 1. The van der Waals surface area contributed by atoms with Crippen molar-refractivity contribution in [1.82, 2.24) is 14.8 Å². The number of allylic oxidation sites excluding steroid dienone is 2. The third-order valence-electron chi connectivity index (χ3n) is 5.45. The van der Waals surface area contributed by atoms with Gasteiger partial charge in [-0.1, -0.05) is 32.0 Å². The number of rotatable bonds is 6. The van der Waals surface area contributed by atoms with Crippen molar-refractivity contribution in [1.29, 1.82) is 0 Å². The van der Waals surface area contributed by atoms with Crippen LogP contribution in [0.5, 0.6) is 5.75 Å². The fourth-order valence-corrected chi connectivity index (χ4v) is 4.28. The Hall–Kier alpha value is -2.67. The lowest BCUT2D eigenvalue weighted by atomic mass is 9.73. The molecule has 7 heteroatoms. The van der Waals surface area contributed by atoms with Gasteiger partial charge >= 0.3 is 0 Å². The molecule has 29 heavy (non-hydrogen) atoms. The summed E-state index contributed by atoms with van der Waals surface area (Å²) >= 11 is 0. The van der Waals surface area contributed by atoms with Crippen LogP contribution < -0.4 is 10.1 Å². The molecule has 0 saturated carbocycles. The molecule has 1 aromatic heterocycles. The van der Waals surface area contributed by atoms with Gasteiger partial charge in [0.15, 0.2) is 11.6 Å². The zero-order valence-corrected chi connectivity index (χ0v) is 17.2. The Kier molecular flexibility index (Phi) is 5.17. The Morgan fingerprint density at radius 1 is 1.31 bits per heavy atom. The van der Waals surface area contributed by atoms with E-state index in [0.717, 1.165) is 29.0 Å². The molecule has 4 rings (SSSR count). The van der Waals surface area contributed by atoms with Crippen molar-refractivity contribution in [2.24, 2.45) is 5.41 Å². The normalized spacial score (nSPS) is 20.1. The van der Waals surface area contributed by atoms with Gasteiger partial charge in [-0.3, -0.25) is 4.79 Å². The smallest absolute Gasteiger partial charge is 0.226 e. The maximum atomic E-state index is 13.3. The van der Waals surface area contributed by atoms with Gasteiger partial charge in [0, 0.05) is 36.3 Å². The van der Waals surface area contributed by atoms with Gasteiger partial charge in [-0.15, -0.1) is 0 Å². The van der Waals surface area contributed by atoms with Crippen molar-refractivity contribution >= 4 is 11.7 Å². The van der Waals surface area contributed by atoms with Gasteiger partial charge in [-0.05, 0) is 31.2 Å². The first-order chi connectivity index (χ1) is 13.9. The number of hydrogen-bond acceptors (Lipinski definition) is 6. The summed E-state index contributed by atoms with van der Waals surface area (Å²) < 4.78 is 7.69. The zero-order chi connectivity index (χ0) is 20.6.